The molecule has 2 N–H and O–H groups in total. The number of piperidine rings is 1. The van der Waals surface area contributed by atoms with E-state index in [1.807, 2.05) is 13.0 Å². The highest BCUT2D eigenvalue weighted by molar-refractivity contribution is 5.70. The molecule has 0 amide bonds. The summed E-state index contributed by atoms with van der Waals surface area (Å²) >= 11 is 0. The number of unbranched alkanes of at least 4 members (excludes halogenated alkanes) is 3. The Kier molecular flexibility index (Phi) is 16.2. The molecule has 3 nitrogen and oxygen atoms in total. The van der Waals surface area contributed by atoms with E-state index in [0.717, 1.165) is 72.2 Å². The second kappa shape index (κ2) is 18.4. The van der Waals surface area contributed by atoms with Crippen molar-refractivity contribution in [2.45, 2.75) is 98.6 Å². The largest absolute Gasteiger partial charge is 0.403 e. The van der Waals surface area contributed by atoms with Gasteiger partial charge in [-0.15, -0.1) is 0 Å². The van der Waals surface area contributed by atoms with Crippen molar-refractivity contribution in [1.29, 1.82) is 5.26 Å². The molecule has 0 radical (unpaired) electrons. The van der Waals surface area contributed by atoms with E-state index in [2.05, 4.69) is 74.4 Å². The van der Waals surface area contributed by atoms with Gasteiger partial charge in [0.1, 0.15) is 5.67 Å². The third kappa shape index (κ3) is 14.5. The number of alkyl halides is 1. The van der Waals surface area contributed by atoms with Crippen LogP contribution < -0.4 is 5.73 Å². The summed E-state index contributed by atoms with van der Waals surface area (Å²) in [6.45, 7) is 21.3. The molecule has 0 spiro atoms. The molecule has 2 aromatic rings. The number of allylic oxidation sites excluding steroid dienone is 2. The van der Waals surface area contributed by atoms with E-state index in [0.29, 0.717) is 18.2 Å². The van der Waals surface area contributed by atoms with Crippen LogP contribution in [0.15, 0.2) is 61.3 Å². The van der Waals surface area contributed by atoms with Crippen molar-refractivity contribution >= 4 is 5.57 Å². The number of halogens is 1. The molecular weight excluding hydrogens is 493 g/mol. The summed E-state index contributed by atoms with van der Waals surface area (Å²) in [5.74, 6) is 0.657. The SMILES string of the molecule is C=C(C)N.C=C(C)c1ccc(-c2ccc(CCC3CCN(CC(C)(C)F)CC3)c(C#N)c2)cc1.CCCCCC. The van der Waals surface area contributed by atoms with E-state index in [1.54, 1.807) is 20.8 Å². The molecule has 220 valence electrons. The second-order valence-electron chi connectivity index (χ2n) is 11.9. The van der Waals surface area contributed by atoms with Gasteiger partial charge >= 0.3 is 0 Å². The lowest BCUT2D eigenvalue weighted by Crippen LogP contribution is -2.41. The van der Waals surface area contributed by atoms with Gasteiger partial charge in [-0.1, -0.05) is 94.7 Å². The molecule has 1 aliphatic rings. The van der Waals surface area contributed by atoms with Gasteiger partial charge in [0.05, 0.1) is 11.6 Å². The molecule has 1 saturated heterocycles. The zero-order chi connectivity index (χ0) is 30.1. The molecule has 0 unspecified atom stereocenters. The van der Waals surface area contributed by atoms with Crippen LogP contribution in [0.25, 0.3) is 16.7 Å². The first kappa shape index (κ1) is 35.1. The smallest absolute Gasteiger partial charge is 0.118 e. The Morgan fingerprint density at radius 3 is 1.98 bits per heavy atom. The average Bonchev–Trinajstić information content (AvgIpc) is 2.90. The highest BCUT2D eigenvalue weighted by Crippen LogP contribution is 2.28. The lowest BCUT2D eigenvalue weighted by atomic mass is 9.88. The first-order valence-corrected chi connectivity index (χ1v) is 15.0. The van der Waals surface area contributed by atoms with Crippen LogP contribution in [0.5, 0.6) is 0 Å². The molecule has 1 heterocycles. The van der Waals surface area contributed by atoms with E-state index < -0.39 is 5.67 Å². The summed E-state index contributed by atoms with van der Waals surface area (Å²) in [7, 11) is 0. The molecular formula is C36H54FN3. The van der Waals surface area contributed by atoms with Gasteiger partial charge in [-0.2, -0.15) is 5.26 Å². The van der Waals surface area contributed by atoms with Crippen LogP contribution in [0.2, 0.25) is 0 Å². The fourth-order valence-corrected chi connectivity index (χ4v) is 4.85. The summed E-state index contributed by atoms with van der Waals surface area (Å²) in [6.07, 6.45) is 9.79. The van der Waals surface area contributed by atoms with Gasteiger partial charge in [0.2, 0.25) is 0 Å². The number of hydrogen-bond donors (Lipinski definition) is 1. The van der Waals surface area contributed by atoms with Gasteiger partial charge in [-0.05, 0) is 106 Å². The molecule has 1 aliphatic heterocycles. The van der Waals surface area contributed by atoms with Crippen LogP contribution in [-0.2, 0) is 6.42 Å². The van der Waals surface area contributed by atoms with Crippen LogP contribution in [-0.4, -0.2) is 30.2 Å². The minimum atomic E-state index is -1.12. The second-order valence-corrected chi connectivity index (χ2v) is 11.9. The average molecular weight is 548 g/mol. The third-order valence-electron chi connectivity index (χ3n) is 7.03. The molecule has 1 fully saturated rings. The zero-order valence-corrected chi connectivity index (χ0v) is 26.2. The lowest BCUT2D eigenvalue weighted by molar-refractivity contribution is 0.0943. The van der Waals surface area contributed by atoms with Gasteiger partial charge in [-0.25, -0.2) is 4.39 Å². The molecule has 0 saturated carbocycles. The Labute approximate surface area is 245 Å². The van der Waals surface area contributed by atoms with E-state index in [9.17, 15) is 9.65 Å². The van der Waals surface area contributed by atoms with E-state index in [-0.39, 0.29) is 0 Å². The number of nitrogens with two attached hydrogens (primary N) is 1. The molecule has 0 bridgehead atoms. The molecule has 4 heteroatoms. The Bertz CT molecular complexity index is 1060. The fourth-order valence-electron chi connectivity index (χ4n) is 4.85. The van der Waals surface area contributed by atoms with Gasteiger partial charge in [0.25, 0.3) is 0 Å². The maximum Gasteiger partial charge on any atom is 0.118 e. The number of nitriles is 1. The number of hydrogen-bond acceptors (Lipinski definition) is 3. The predicted octanol–water partition coefficient (Wildman–Crippen LogP) is 9.72. The van der Waals surface area contributed by atoms with Crippen molar-refractivity contribution in [2.75, 3.05) is 19.6 Å². The van der Waals surface area contributed by atoms with E-state index >= 15 is 0 Å². The maximum absolute atomic E-state index is 13.9. The lowest BCUT2D eigenvalue weighted by Gasteiger charge is -2.34. The van der Waals surface area contributed by atoms with Crippen molar-refractivity contribution < 1.29 is 4.39 Å². The Morgan fingerprint density at radius 1 is 1.00 bits per heavy atom. The molecule has 0 aliphatic carbocycles. The summed E-state index contributed by atoms with van der Waals surface area (Å²) in [6, 6.07) is 17.0. The maximum atomic E-state index is 13.9. The minimum Gasteiger partial charge on any atom is -0.403 e. The number of nitrogens with zero attached hydrogens (tertiary/aromatic N) is 2. The first-order chi connectivity index (χ1) is 18.9. The zero-order valence-electron chi connectivity index (χ0n) is 26.2. The van der Waals surface area contributed by atoms with Gasteiger partial charge in [0.15, 0.2) is 0 Å². The summed E-state index contributed by atoms with van der Waals surface area (Å²) < 4.78 is 13.9. The summed E-state index contributed by atoms with van der Waals surface area (Å²) in [5, 5.41) is 9.68. The van der Waals surface area contributed by atoms with Crippen molar-refractivity contribution in [3.63, 3.8) is 0 Å². The standard InChI is InChI=1S/C27H33FN2.C6H14.C3H7N/c1-20(2)22-7-9-23(10-8-22)25-12-11-24(26(17-25)18-29)6-5-21-13-15-30(16-14-21)19-27(3,4)28;1-3-5-6-4-2;1-3(2)4/h7-12,17,21H,1,5-6,13-16,19H2,2-4H3;3-6H2,1-2H3;1,4H2,2H3. The number of benzene rings is 2. The van der Waals surface area contributed by atoms with Crippen LogP contribution >= 0.6 is 0 Å². The fraction of sp³-hybridized carbons (Fsp3) is 0.528. The Morgan fingerprint density at radius 2 is 1.52 bits per heavy atom. The van der Waals surface area contributed by atoms with Crippen LogP contribution in [0.4, 0.5) is 4.39 Å². The van der Waals surface area contributed by atoms with E-state index in [4.69, 9.17) is 5.73 Å². The monoisotopic (exact) mass is 547 g/mol. The molecule has 2 aromatic carbocycles. The predicted molar refractivity (Wildman–Crippen MR) is 173 cm³/mol. The first-order valence-electron chi connectivity index (χ1n) is 15.0. The third-order valence-corrected chi connectivity index (χ3v) is 7.03. The van der Waals surface area contributed by atoms with Crippen LogP contribution in [0, 0.1) is 17.2 Å². The quantitative estimate of drug-likeness (QED) is 0.301. The van der Waals surface area contributed by atoms with Crippen LogP contribution in [0.3, 0.4) is 0 Å². The number of aryl methyl sites for hydroxylation is 1. The van der Waals surface area contributed by atoms with Crippen molar-refractivity contribution in [2.24, 2.45) is 11.7 Å². The highest BCUT2D eigenvalue weighted by Gasteiger charge is 2.25. The van der Waals surface area contributed by atoms with Gasteiger partial charge < -0.3 is 10.6 Å². The van der Waals surface area contributed by atoms with E-state index in [1.165, 1.54) is 25.7 Å². The minimum absolute atomic E-state index is 0.521. The topological polar surface area (TPSA) is 53.0 Å². The van der Waals surface area contributed by atoms with Crippen molar-refractivity contribution in [1.82, 2.24) is 4.90 Å². The van der Waals surface area contributed by atoms with Gasteiger partial charge in [-0.3, -0.25) is 0 Å². The Hall–Kier alpha value is -2.90. The number of rotatable bonds is 10. The molecule has 0 atom stereocenters. The Balaban J connectivity index is 0.000000686. The van der Waals surface area contributed by atoms with Crippen molar-refractivity contribution in [3.8, 4) is 17.2 Å². The molecule has 3 rings (SSSR count). The normalized spacial score (nSPS) is 13.8. The highest BCUT2D eigenvalue weighted by atomic mass is 19.1. The van der Waals surface area contributed by atoms with Crippen molar-refractivity contribution in [3.05, 3.63) is 78.0 Å². The molecule has 0 aromatic heterocycles. The number of likely N-dealkylation sites (tertiary alicyclic amines) is 1. The summed E-state index contributed by atoms with van der Waals surface area (Å²) in [4.78, 5) is 2.24. The van der Waals surface area contributed by atoms with Gasteiger partial charge in [0, 0.05) is 6.54 Å². The molecule has 40 heavy (non-hydrogen) atoms. The van der Waals surface area contributed by atoms with Crippen LogP contribution in [0.1, 0.15) is 103 Å². The summed E-state index contributed by atoms with van der Waals surface area (Å²) in [5.41, 5.74) is 10.7.